The minimum atomic E-state index is -0.899. The van der Waals surface area contributed by atoms with Crippen LogP contribution >= 0.6 is 11.6 Å². The maximum Gasteiger partial charge on any atom is 0.222 e. The summed E-state index contributed by atoms with van der Waals surface area (Å²) in [6, 6.07) is 11.0. The van der Waals surface area contributed by atoms with Gasteiger partial charge < -0.3 is 9.80 Å². The maximum absolute atomic E-state index is 14.3. The van der Waals surface area contributed by atoms with Crippen molar-refractivity contribution in [1.82, 2.24) is 4.90 Å². The van der Waals surface area contributed by atoms with Crippen LogP contribution in [0.3, 0.4) is 0 Å². The fourth-order valence-corrected chi connectivity index (χ4v) is 3.72. The third-order valence-electron chi connectivity index (χ3n) is 5.04. The number of hydrogen-bond acceptors (Lipinski definition) is 3. The lowest BCUT2D eigenvalue weighted by Crippen LogP contribution is -2.38. The number of amides is 1. The number of likely N-dealkylation sites (tertiary alicyclic amines) is 1. The van der Waals surface area contributed by atoms with E-state index < -0.39 is 11.6 Å². The van der Waals surface area contributed by atoms with E-state index in [9.17, 15) is 13.6 Å². The zero-order chi connectivity index (χ0) is 20.3. The second kappa shape index (κ2) is 8.57. The van der Waals surface area contributed by atoms with E-state index in [-0.39, 0.29) is 24.1 Å². The molecule has 7 heteroatoms. The lowest BCUT2D eigenvalue weighted by Gasteiger charge is -2.32. The highest BCUT2D eigenvalue weighted by molar-refractivity contribution is 6.32. The van der Waals surface area contributed by atoms with Crippen LogP contribution in [0.1, 0.15) is 30.9 Å². The van der Waals surface area contributed by atoms with Gasteiger partial charge in [0, 0.05) is 43.3 Å². The normalized spacial score (nSPS) is 16.1. The van der Waals surface area contributed by atoms with Gasteiger partial charge in [0.2, 0.25) is 5.91 Å². The summed E-state index contributed by atoms with van der Waals surface area (Å²) in [4.78, 5) is 15.8. The SMILES string of the molecule is CCC(=O)N1CCC(N(Cc2cccc(F)c2F)c2ccc(C#N)c(Cl)c2)C1. The summed E-state index contributed by atoms with van der Waals surface area (Å²) in [5.74, 6) is -1.71. The van der Waals surface area contributed by atoms with Gasteiger partial charge in [0.1, 0.15) is 6.07 Å². The fourth-order valence-electron chi connectivity index (χ4n) is 3.50. The Kier molecular flexibility index (Phi) is 6.15. The van der Waals surface area contributed by atoms with Crippen LogP contribution in [0.2, 0.25) is 5.02 Å². The summed E-state index contributed by atoms with van der Waals surface area (Å²) < 4.78 is 28.0. The molecule has 0 radical (unpaired) electrons. The molecule has 0 bridgehead atoms. The number of hydrogen-bond donors (Lipinski definition) is 0. The Labute approximate surface area is 167 Å². The average Bonchev–Trinajstić information content (AvgIpc) is 3.18. The van der Waals surface area contributed by atoms with Crippen molar-refractivity contribution in [3.05, 3.63) is 64.2 Å². The number of carbonyl (C=O) groups is 1. The second-order valence-corrected chi connectivity index (χ2v) is 7.16. The molecule has 1 unspecified atom stereocenters. The first-order chi connectivity index (χ1) is 13.4. The van der Waals surface area contributed by atoms with E-state index in [4.69, 9.17) is 16.9 Å². The first-order valence-corrected chi connectivity index (χ1v) is 9.49. The molecular formula is C21H20ClF2N3O. The zero-order valence-electron chi connectivity index (χ0n) is 15.5. The van der Waals surface area contributed by atoms with Crippen LogP contribution in [-0.4, -0.2) is 29.9 Å². The Balaban J connectivity index is 1.95. The highest BCUT2D eigenvalue weighted by Crippen LogP contribution is 2.30. The number of rotatable bonds is 5. The zero-order valence-corrected chi connectivity index (χ0v) is 16.2. The smallest absolute Gasteiger partial charge is 0.222 e. The van der Waals surface area contributed by atoms with Gasteiger partial charge in [0.15, 0.2) is 11.6 Å². The fraction of sp³-hybridized carbons (Fsp3) is 0.333. The quantitative estimate of drug-likeness (QED) is 0.738. The van der Waals surface area contributed by atoms with Gasteiger partial charge in [-0.2, -0.15) is 5.26 Å². The lowest BCUT2D eigenvalue weighted by atomic mass is 10.1. The Hall–Kier alpha value is -2.65. The molecule has 4 nitrogen and oxygen atoms in total. The van der Waals surface area contributed by atoms with Gasteiger partial charge in [0.05, 0.1) is 10.6 Å². The largest absolute Gasteiger partial charge is 0.362 e. The van der Waals surface area contributed by atoms with Crippen molar-refractivity contribution < 1.29 is 13.6 Å². The van der Waals surface area contributed by atoms with Crippen molar-refractivity contribution in [1.29, 1.82) is 5.26 Å². The average molecular weight is 404 g/mol. The third kappa shape index (κ3) is 4.10. The Morgan fingerprint density at radius 1 is 1.36 bits per heavy atom. The number of nitriles is 1. The van der Waals surface area contributed by atoms with Crippen LogP contribution in [0.4, 0.5) is 14.5 Å². The molecule has 1 saturated heterocycles. The standard InChI is InChI=1S/C21H20ClF2N3O/c1-2-20(28)26-9-8-17(13-26)27(12-15-4-3-5-19(23)21(15)24)16-7-6-14(11-25)18(22)10-16/h3-7,10,17H,2,8-9,12-13H2,1H3. The molecule has 1 aliphatic heterocycles. The molecule has 0 aromatic heterocycles. The Bertz CT molecular complexity index is 928. The molecule has 1 aliphatic rings. The monoisotopic (exact) mass is 403 g/mol. The molecule has 0 saturated carbocycles. The number of nitrogens with zero attached hydrogens (tertiary/aromatic N) is 3. The molecule has 0 spiro atoms. The van der Waals surface area contributed by atoms with Gasteiger partial charge in [-0.3, -0.25) is 4.79 Å². The predicted molar refractivity (Wildman–Crippen MR) is 104 cm³/mol. The van der Waals surface area contributed by atoms with Crippen molar-refractivity contribution in [3.63, 3.8) is 0 Å². The van der Waals surface area contributed by atoms with Gasteiger partial charge in [-0.15, -0.1) is 0 Å². The topological polar surface area (TPSA) is 47.3 Å². The minimum Gasteiger partial charge on any atom is -0.362 e. The van der Waals surface area contributed by atoms with Crippen LogP contribution < -0.4 is 4.90 Å². The van der Waals surface area contributed by atoms with Crippen molar-refractivity contribution in [2.45, 2.75) is 32.4 Å². The molecule has 0 N–H and O–H groups in total. The van der Waals surface area contributed by atoms with E-state index in [1.807, 2.05) is 17.9 Å². The Morgan fingerprint density at radius 2 is 2.14 bits per heavy atom. The van der Waals surface area contributed by atoms with Crippen LogP contribution in [0.5, 0.6) is 0 Å². The lowest BCUT2D eigenvalue weighted by molar-refractivity contribution is -0.129. The summed E-state index contributed by atoms with van der Waals surface area (Å²) >= 11 is 6.19. The van der Waals surface area contributed by atoms with E-state index in [0.29, 0.717) is 42.2 Å². The summed E-state index contributed by atoms with van der Waals surface area (Å²) in [6.45, 7) is 3.06. The Morgan fingerprint density at radius 3 is 2.82 bits per heavy atom. The van der Waals surface area contributed by atoms with Crippen LogP contribution in [0.25, 0.3) is 0 Å². The van der Waals surface area contributed by atoms with Crippen molar-refractivity contribution in [3.8, 4) is 6.07 Å². The van der Waals surface area contributed by atoms with E-state index in [2.05, 4.69) is 0 Å². The minimum absolute atomic E-state index is 0.0669. The summed E-state index contributed by atoms with van der Waals surface area (Å²) in [7, 11) is 0. The molecule has 1 amide bonds. The van der Waals surface area contributed by atoms with E-state index in [1.54, 1.807) is 29.2 Å². The van der Waals surface area contributed by atoms with Crippen molar-refractivity contribution >= 4 is 23.2 Å². The molecule has 1 fully saturated rings. The molecule has 146 valence electrons. The molecule has 2 aromatic rings. The first-order valence-electron chi connectivity index (χ1n) is 9.11. The van der Waals surface area contributed by atoms with Gasteiger partial charge in [-0.05, 0) is 30.7 Å². The van der Waals surface area contributed by atoms with Crippen LogP contribution in [0, 0.1) is 23.0 Å². The highest BCUT2D eigenvalue weighted by Gasteiger charge is 2.31. The van der Waals surface area contributed by atoms with E-state index in [0.717, 1.165) is 6.07 Å². The summed E-state index contributed by atoms with van der Waals surface area (Å²) in [5, 5.41) is 9.40. The van der Waals surface area contributed by atoms with E-state index in [1.165, 1.54) is 6.07 Å². The molecule has 28 heavy (non-hydrogen) atoms. The third-order valence-corrected chi connectivity index (χ3v) is 5.35. The van der Waals surface area contributed by atoms with Crippen LogP contribution in [-0.2, 0) is 11.3 Å². The molecule has 2 aromatic carbocycles. The number of carbonyl (C=O) groups excluding carboxylic acids is 1. The molecule has 0 aliphatic carbocycles. The number of anilines is 1. The van der Waals surface area contributed by atoms with Gasteiger partial charge >= 0.3 is 0 Å². The van der Waals surface area contributed by atoms with Gasteiger partial charge in [-0.25, -0.2) is 8.78 Å². The van der Waals surface area contributed by atoms with Crippen LogP contribution in [0.15, 0.2) is 36.4 Å². The molecule has 3 rings (SSSR count). The predicted octanol–water partition coefficient (Wildman–Crippen LogP) is 4.51. The molecular weight excluding hydrogens is 384 g/mol. The van der Waals surface area contributed by atoms with E-state index >= 15 is 0 Å². The first kappa shape index (κ1) is 20.1. The van der Waals surface area contributed by atoms with Gasteiger partial charge in [-0.1, -0.05) is 30.7 Å². The molecule has 1 atom stereocenters. The summed E-state index contributed by atoms with van der Waals surface area (Å²) in [5.41, 5.74) is 1.26. The molecule has 1 heterocycles. The van der Waals surface area contributed by atoms with Crippen molar-refractivity contribution in [2.24, 2.45) is 0 Å². The highest BCUT2D eigenvalue weighted by atomic mass is 35.5. The second-order valence-electron chi connectivity index (χ2n) is 6.75. The van der Waals surface area contributed by atoms with Crippen molar-refractivity contribution in [2.75, 3.05) is 18.0 Å². The number of halogens is 3. The van der Waals surface area contributed by atoms with Gasteiger partial charge in [0.25, 0.3) is 0 Å². The maximum atomic E-state index is 14.3. The number of benzene rings is 2. The summed E-state index contributed by atoms with van der Waals surface area (Å²) in [6.07, 6.45) is 1.13.